The Morgan fingerprint density at radius 1 is 0.208 bits per heavy atom. The van der Waals surface area contributed by atoms with Gasteiger partial charge in [0.25, 0.3) is 0 Å². The molecule has 0 saturated heterocycles. The van der Waals surface area contributed by atoms with Gasteiger partial charge in [-0.3, -0.25) is 0 Å². The number of hydrogen-bond donors (Lipinski definition) is 0. The summed E-state index contributed by atoms with van der Waals surface area (Å²) in [5.74, 6) is 0. The molecule has 48 heavy (non-hydrogen) atoms. The van der Waals surface area contributed by atoms with Crippen LogP contribution >= 0.6 is 0 Å². The van der Waals surface area contributed by atoms with E-state index in [4.69, 9.17) is 0 Å². The summed E-state index contributed by atoms with van der Waals surface area (Å²) in [5, 5.41) is 12.9. The molecular formula is C48H30. The van der Waals surface area contributed by atoms with Gasteiger partial charge in [0.15, 0.2) is 0 Å². The summed E-state index contributed by atoms with van der Waals surface area (Å²) in [6, 6.07) is 67.1. The van der Waals surface area contributed by atoms with Crippen molar-refractivity contribution in [2.45, 2.75) is 0 Å². The zero-order chi connectivity index (χ0) is 31.6. The van der Waals surface area contributed by atoms with E-state index >= 15 is 0 Å². The van der Waals surface area contributed by atoms with Crippen molar-refractivity contribution in [2.75, 3.05) is 0 Å². The van der Waals surface area contributed by atoms with Crippen molar-refractivity contribution in [1.82, 2.24) is 0 Å². The van der Waals surface area contributed by atoms with Crippen LogP contribution in [0.2, 0.25) is 0 Å². The van der Waals surface area contributed by atoms with Gasteiger partial charge in [0.1, 0.15) is 0 Å². The predicted octanol–water partition coefficient (Wildman–Crippen LogP) is 13.6. The Morgan fingerprint density at radius 3 is 1.23 bits per heavy atom. The lowest BCUT2D eigenvalue weighted by Gasteiger charge is -2.17. The monoisotopic (exact) mass is 606 g/mol. The molecule has 0 N–H and O–H groups in total. The Bertz CT molecular complexity index is 2820. The molecule has 0 nitrogen and oxygen atoms in total. The Morgan fingerprint density at radius 2 is 0.625 bits per heavy atom. The van der Waals surface area contributed by atoms with Gasteiger partial charge in [-0.2, -0.15) is 0 Å². The molecule has 0 spiro atoms. The molecule has 0 aliphatic rings. The highest BCUT2D eigenvalue weighted by Gasteiger charge is 2.15. The van der Waals surface area contributed by atoms with Gasteiger partial charge in [-0.15, -0.1) is 0 Å². The van der Waals surface area contributed by atoms with Crippen LogP contribution in [0.1, 0.15) is 0 Å². The van der Waals surface area contributed by atoms with E-state index in [0.29, 0.717) is 0 Å². The fraction of sp³-hybridized carbons (Fsp3) is 0. The third-order valence-corrected chi connectivity index (χ3v) is 10.2. The Hall–Kier alpha value is -6.24. The smallest absolute Gasteiger partial charge is 0.00203 e. The maximum Gasteiger partial charge on any atom is -0.00203 e. The highest BCUT2D eigenvalue weighted by Crippen LogP contribution is 2.43. The highest BCUT2D eigenvalue weighted by atomic mass is 14.2. The fourth-order valence-electron chi connectivity index (χ4n) is 7.75. The quantitative estimate of drug-likeness (QED) is 0.175. The van der Waals surface area contributed by atoms with Crippen molar-refractivity contribution in [2.24, 2.45) is 0 Å². The molecule has 0 unspecified atom stereocenters. The molecule has 10 aromatic carbocycles. The summed E-state index contributed by atoms with van der Waals surface area (Å²) >= 11 is 0. The van der Waals surface area contributed by atoms with E-state index in [0.717, 1.165) is 0 Å². The topological polar surface area (TPSA) is 0 Å². The van der Waals surface area contributed by atoms with Crippen LogP contribution in [0.25, 0.3) is 98.4 Å². The largest absolute Gasteiger partial charge is 0.0616 e. The third-order valence-electron chi connectivity index (χ3n) is 10.2. The molecule has 0 saturated carbocycles. The minimum Gasteiger partial charge on any atom is -0.0616 e. The fourth-order valence-corrected chi connectivity index (χ4v) is 7.75. The van der Waals surface area contributed by atoms with Gasteiger partial charge in [0.05, 0.1) is 0 Å². The number of rotatable bonds is 4. The molecule has 0 aliphatic heterocycles. The second-order valence-corrected chi connectivity index (χ2v) is 12.9. The van der Waals surface area contributed by atoms with E-state index in [1.165, 1.54) is 98.4 Å². The zero-order valence-electron chi connectivity index (χ0n) is 26.3. The first-order valence-corrected chi connectivity index (χ1v) is 16.7. The zero-order valence-corrected chi connectivity index (χ0v) is 26.3. The lowest BCUT2D eigenvalue weighted by molar-refractivity contribution is 1.62. The summed E-state index contributed by atoms with van der Waals surface area (Å²) < 4.78 is 0. The van der Waals surface area contributed by atoms with Crippen molar-refractivity contribution in [3.05, 3.63) is 182 Å². The molecule has 0 heteroatoms. The van der Waals surface area contributed by atoms with E-state index in [2.05, 4.69) is 182 Å². The van der Waals surface area contributed by atoms with Crippen molar-refractivity contribution in [3.63, 3.8) is 0 Å². The van der Waals surface area contributed by atoms with Crippen LogP contribution in [0.5, 0.6) is 0 Å². The standard InChI is InChI=1S/C48H30/c1-3-8-37-28-40(18-14-31(37)6-1)33-12-16-34(17-13-33)43-24-20-35-23-27-46-44(25-21-36-22-26-45(43)47(35)48(36)46)42-11-5-10-39(30-42)41-19-15-32-7-2-4-9-38(32)29-41/h1-30H. The number of benzene rings is 10. The molecule has 0 amide bonds. The first-order chi connectivity index (χ1) is 23.8. The van der Waals surface area contributed by atoms with Gasteiger partial charge in [-0.1, -0.05) is 164 Å². The average molecular weight is 607 g/mol. The molecule has 0 bridgehead atoms. The van der Waals surface area contributed by atoms with Crippen LogP contribution in [0.4, 0.5) is 0 Å². The minimum absolute atomic E-state index is 1.23. The molecule has 0 aliphatic carbocycles. The normalized spacial score (nSPS) is 11.8. The lowest BCUT2D eigenvalue weighted by atomic mass is 9.86. The molecular weight excluding hydrogens is 577 g/mol. The Kier molecular flexibility index (Phi) is 5.98. The van der Waals surface area contributed by atoms with Gasteiger partial charge in [-0.05, 0) is 117 Å². The maximum atomic E-state index is 2.35. The van der Waals surface area contributed by atoms with Crippen LogP contribution in [0.15, 0.2) is 182 Å². The van der Waals surface area contributed by atoms with Crippen LogP contribution < -0.4 is 0 Å². The van der Waals surface area contributed by atoms with Crippen molar-refractivity contribution >= 4 is 53.9 Å². The molecule has 0 heterocycles. The lowest BCUT2D eigenvalue weighted by Crippen LogP contribution is -1.90. The summed E-state index contributed by atoms with van der Waals surface area (Å²) in [7, 11) is 0. The maximum absolute atomic E-state index is 2.35. The first kappa shape index (κ1) is 26.9. The second-order valence-electron chi connectivity index (χ2n) is 12.9. The summed E-state index contributed by atoms with van der Waals surface area (Å²) in [4.78, 5) is 0. The SMILES string of the molecule is c1cc(-c2ccc3ccccc3c2)cc(-c2ccc3ccc4c(-c5ccc(-c6ccc7ccccc7c6)cc5)ccc5ccc2c3c54)c1. The van der Waals surface area contributed by atoms with Crippen molar-refractivity contribution < 1.29 is 0 Å². The van der Waals surface area contributed by atoms with E-state index in [1.807, 2.05) is 0 Å². The Balaban J connectivity index is 1.08. The minimum atomic E-state index is 1.23. The molecule has 0 aromatic heterocycles. The summed E-state index contributed by atoms with van der Waals surface area (Å²) in [6.07, 6.45) is 0. The Labute approximate surface area is 279 Å². The molecule has 0 fully saturated rings. The van der Waals surface area contributed by atoms with E-state index in [9.17, 15) is 0 Å². The van der Waals surface area contributed by atoms with Gasteiger partial charge in [0.2, 0.25) is 0 Å². The third kappa shape index (κ3) is 4.31. The number of hydrogen-bond acceptors (Lipinski definition) is 0. The van der Waals surface area contributed by atoms with E-state index in [1.54, 1.807) is 0 Å². The molecule has 0 radical (unpaired) electrons. The molecule has 222 valence electrons. The highest BCUT2D eigenvalue weighted by molar-refractivity contribution is 6.27. The van der Waals surface area contributed by atoms with E-state index < -0.39 is 0 Å². The van der Waals surface area contributed by atoms with Crippen LogP contribution in [0, 0.1) is 0 Å². The van der Waals surface area contributed by atoms with Crippen LogP contribution in [0.3, 0.4) is 0 Å². The first-order valence-electron chi connectivity index (χ1n) is 16.7. The number of fused-ring (bicyclic) bond motifs is 2. The molecule has 10 aromatic rings. The average Bonchev–Trinajstić information content (AvgIpc) is 3.16. The van der Waals surface area contributed by atoms with E-state index in [-0.39, 0.29) is 0 Å². The summed E-state index contributed by atoms with van der Waals surface area (Å²) in [5.41, 5.74) is 9.97. The van der Waals surface area contributed by atoms with Crippen LogP contribution in [-0.4, -0.2) is 0 Å². The van der Waals surface area contributed by atoms with Gasteiger partial charge in [0, 0.05) is 0 Å². The van der Waals surface area contributed by atoms with Gasteiger partial charge < -0.3 is 0 Å². The van der Waals surface area contributed by atoms with Gasteiger partial charge >= 0.3 is 0 Å². The second kappa shape index (κ2) is 10.7. The predicted molar refractivity (Wildman–Crippen MR) is 207 cm³/mol. The van der Waals surface area contributed by atoms with Crippen molar-refractivity contribution in [1.29, 1.82) is 0 Å². The van der Waals surface area contributed by atoms with Crippen molar-refractivity contribution in [3.8, 4) is 44.5 Å². The molecule has 0 atom stereocenters. The van der Waals surface area contributed by atoms with Gasteiger partial charge in [-0.25, -0.2) is 0 Å². The molecule has 10 rings (SSSR count). The van der Waals surface area contributed by atoms with Crippen LogP contribution in [-0.2, 0) is 0 Å². The summed E-state index contributed by atoms with van der Waals surface area (Å²) in [6.45, 7) is 0.